The lowest BCUT2D eigenvalue weighted by molar-refractivity contribution is 0.0969. The normalized spacial score (nSPS) is 21.6. The predicted octanol–water partition coefficient (Wildman–Crippen LogP) is 1.54. The zero-order chi connectivity index (χ0) is 9.10. The summed E-state index contributed by atoms with van der Waals surface area (Å²) < 4.78 is 7.45. The smallest absolute Gasteiger partial charge is 0.120 e. The summed E-state index contributed by atoms with van der Waals surface area (Å²) in [6.45, 7) is 1.68. The van der Waals surface area contributed by atoms with Crippen molar-refractivity contribution in [2.24, 2.45) is 0 Å². The van der Waals surface area contributed by atoms with Crippen molar-refractivity contribution in [1.29, 1.82) is 5.26 Å². The number of rotatable bonds is 2. The van der Waals surface area contributed by atoms with E-state index in [0.29, 0.717) is 6.10 Å². The molecular weight excluding hydrogens is 164 g/mol. The van der Waals surface area contributed by atoms with Gasteiger partial charge in [0.05, 0.1) is 6.10 Å². The van der Waals surface area contributed by atoms with Crippen LogP contribution in [0.2, 0.25) is 0 Å². The highest BCUT2D eigenvalue weighted by Crippen LogP contribution is 2.15. The first-order valence-corrected chi connectivity index (χ1v) is 4.57. The fraction of sp³-hybridized carbons (Fsp3) is 0.500. The Morgan fingerprint density at radius 1 is 1.69 bits per heavy atom. The molecule has 1 aromatic rings. The van der Waals surface area contributed by atoms with E-state index in [-0.39, 0.29) is 0 Å². The number of hydrogen-bond donors (Lipinski definition) is 0. The van der Waals surface area contributed by atoms with E-state index in [1.54, 1.807) is 0 Å². The van der Waals surface area contributed by atoms with E-state index >= 15 is 0 Å². The molecule has 3 heteroatoms. The highest BCUT2D eigenvalue weighted by atomic mass is 16.5. The Hall–Kier alpha value is -1.27. The average molecular weight is 176 g/mol. The fourth-order valence-corrected chi connectivity index (χ4v) is 1.68. The van der Waals surface area contributed by atoms with Gasteiger partial charge in [0.1, 0.15) is 11.8 Å². The van der Waals surface area contributed by atoms with E-state index in [2.05, 4.69) is 6.07 Å². The first kappa shape index (κ1) is 8.33. The highest BCUT2D eigenvalue weighted by Gasteiger charge is 2.16. The van der Waals surface area contributed by atoms with E-state index in [9.17, 15) is 0 Å². The van der Waals surface area contributed by atoms with Gasteiger partial charge in [-0.1, -0.05) is 0 Å². The molecule has 2 heterocycles. The Morgan fingerprint density at radius 3 is 3.31 bits per heavy atom. The van der Waals surface area contributed by atoms with Gasteiger partial charge in [0.25, 0.3) is 0 Å². The molecular formula is C10H12N2O. The predicted molar refractivity (Wildman–Crippen MR) is 48.1 cm³/mol. The maximum atomic E-state index is 8.77. The number of ether oxygens (including phenoxy) is 1. The van der Waals surface area contributed by atoms with Gasteiger partial charge in [0.15, 0.2) is 0 Å². The van der Waals surface area contributed by atoms with Crippen LogP contribution in [-0.2, 0) is 11.3 Å². The highest BCUT2D eigenvalue weighted by molar-refractivity contribution is 5.21. The van der Waals surface area contributed by atoms with Crippen LogP contribution in [0.15, 0.2) is 18.3 Å². The Bertz CT molecular complexity index is 318. The Balaban J connectivity index is 2.04. The molecule has 0 aliphatic carbocycles. The van der Waals surface area contributed by atoms with Crippen molar-refractivity contribution in [2.45, 2.75) is 25.5 Å². The van der Waals surface area contributed by atoms with Crippen molar-refractivity contribution in [1.82, 2.24) is 4.57 Å². The molecule has 1 atom stereocenters. The molecule has 13 heavy (non-hydrogen) atoms. The molecule has 2 rings (SSSR count). The molecule has 1 unspecified atom stereocenters. The van der Waals surface area contributed by atoms with E-state index in [0.717, 1.165) is 31.7 Å². The van der Waals surface area contributed by atoms with E-state index < -0.39 is 0 Å². The van der Waals surface area contributed by atoms with Crippen molar-refractivity contribution < 1.29 is 4.74 Å². The molecule has 0 N–H and O–H groups in total. The summed E-state index contributed by atoms with van der Waals surface area (Å²) >= 11 is 0. The average Bonchev–Trinajstić information content (AvgIpc) is 2.76. The summed E-state index contributed by atoms with van der Waals surface area (Å²) in [7, 11) is 0. The van der Waals surface area contributed by atoms with Gasteiger partial charge in [0.2, 0.25) is 0 Å². The van der Waals surface area contributed by atoms with Gasteiger partial charge in [-0.25, -0.2) is 0 Å². The summed E-state index contributed by atoms with van der Waals surface area (Å²) in [5, 5.41) is 8.77. The lowest BCUT2D eigenvalue weighted by atomic mass is 10.2. The first-order valence-electron chi connectivity index (χ1n) is 4.57. The van der Waals surface area contributed by atoms with Gasteiger partial charge in [-0.2, -0.15) is 5.26 Å². The summed E-state index contributed by atoms with van der Waals surface area (Å²) in [4.78, 5) is 0. The third kappa shape index (κ3) is 1.73. The molecule has 1 aromatic heterocycles. The summed E-state index contributed by atoms with van der Waals surface area (Å²) in [6, 6.07) is 5.88. The van der Waals surface area contributed by atoms with Crippen LogP contribution >= 0.6 is 0 Å². The van der Waals surface area contributed by atoms with Crippen LogP contribution in [0.3, 0.4) is 0 Å². The molecule has 1 saturated heterocycles. The minimum Gasteiger partial charge on any atom is -0.376 e. The van der Waals surface area contributed by atoms with Crippen molar-refractivity contribution in [3.05, 3.63) is 24.0 Å². The number of hydrogen-bond acceptors (Lipinski definition) is 2. The monoisotopic (exact) mass is 176 g/mol. The largest absolute Gasteiger partial charge is 0.376 e. The molecule has 1 aliphatic heterocycles. The number of nitriles is 1. The van der Waals surface area contributed by atoms with Crippen LogP contribution in [0.5, 0.6) is 0 Å². The van der Waals surface area contributed by atoms with Crippen molar-refractivity contribution in [2.75, 3.05) is 6.61 Å². The van der Waals surface area contributed by atoms with Crippen LogP contribution in [0.1, 0.15) is 18.5 Å². The Kier molecular flexibility index (Phi) is 2.33. The van der Waals surface area contributed by atoms with Gasteiger partial charge in [-0.05, 0) is 25.0 Å². The van der Waals surface area contributed by atoms with Crippen LogP contribution in [-0.4, -0.2) is 17.3 Å². The van der Waals surface area contributed by atoms with E-state index in [4.69, 9.17) is 10.00 Å². The van der Waals surface area contributed by atoms with E-state index in [1.165, 1.54) is 0 Å². The molecule has 0 bridgehead atoms. The molecule has 3 nitrogen and oxygen atoms in total. The molecule has 0 radical (unpaired) electrons. The topological polar surface area (TPSA) is 38.0 Å². The number of nitrogens with zero attached hydrogens (tertiary/aromatic N) is 2. The maximum absolute atomic E-state index is 8.77. The molecule has 1 aliphatic rings. The Labute approximate surface area is 77.5 Å². The standard InChI is InChI=1S/C10H12N2O/c11-7-9-3-1-5-12(9)8-10-4-2-6-13-10/h1,3,5,10H,2,4,6,8H2. The van der Waals surface area contributed by atoms with Gasteiger partial charge < -0.3 is 9.30 Å². The molecule has 0 spiro atoms. The zero-order valence-electron chi connectivity index (χ0n) is 7.44. The van der Waals surface area contributed by atoms with Crippen molar-refractivity contribution >= 4 is 0 Å². The molecule has 0 saturated carbocycles. The first-order chi connectivity index (χ1) is 6.40. The van der Waals surface area contributed by atoms with Crippen molar-refractivity contribution in [3.8, 4) is 6.07 Å². The minimum atomic E-state index is 0.305. The Morgan fingerprint density at radius 2 is 2.62 bits per heavy atom. The van der Waals surface area contributed by atoms with Gasteiger partial charge in [-0.3, -0.25) is 0 Å². The van der Waals surface area contributed by atoms with Crippen LogP contribution < -0.4 is 0 Å². The lowest BCUT2D eigenvalue weighted by Gasteiger charge is -2.10. The SMILES string of the molecule is N#Cc1cccn1CC1CCCO1. The molecule has 68 valence electrons. The second kappa shape index (κ2) is 3.63. The zero-order valence-corrected chi connectivity index (χ0v) is 7.44. The van der Waals surface area contributed by atoms with E-state index in [1.807, 2.05) is 22.9 Å². The number of aromatic nitrogens is 1. The van der Waals surface area contributed by atoms with Gasteiger partial charge in [0, 0.05) is 19.3 Å². The van der Waals surface area contributed by atoms with Crippen LogP contribution in [0, 0.1) is 11.3 Å². The second-order valence-corrected chi connectivity index (χ2v) is 3.29. The molecule has 0 aromatic carbocycles. The molecule has 0 amide bonds. The third-order valence-electron chi connectivity index (χ3n) is 2.37. The fourth-order valence-electron chi connectivity index (χ4n) is 1.68. The third-order valence-corrected chi connectivity index (χ3v) is 2.37. The summed E-state index contributed by atoms with van der Waals surface area (Å²) in [5.74, 6) is 0. The van der Waals surface area contributed by atoms with Crippen molar-refractivity contribution in [3.63, 3.8) is 0 Å². The maximum Gasteiger partial charge on any atom is 0.120 e. The van der Waals surface area contributed by atoms with Gasteiger partial charge in [-0.15, -0.1) is 0 Å². The quantitative estimate of drug-likeness (QED) is 0.685. The second-order valence-electron chi connectivity index (χ2n) is 3.29. The minimum absolute atomic E-state index is 0.305. The summed E-state index contributed by atoms with van der Waals surface area (Å²) in [5.41, 5.74) is 0.718. The lowest BCUT2D eigenvalue weighted by Crippen LogP contribution is -2.15. The van der Waals surface area contributed by atoms with Gasteiger partial charge >= 0.3 is 0 Å². The molecule has 1 fully saturated rings. The van der Waals surface area contributed by atoms with Crippen LogP contribution in [0.25, 0.3) is 0 Å². The summed E-state index contributed by atoms with van der Waals surface area (Å²) in [6.07, 6.45) is 4.50. The van der Waals surface area contributed by atoms with Crippen LogP contribution in [0.4, 0.5) is 0 Å².